The van der Waals surface area contributed by atoms with Crippen LogP contribution < -0.4 is 5.73 Å². The molecule has 4 nitrogen and oxygen atoms in total. The maximum Gasteiger partial charge on any atom is 0.267 e. The molecule has 3 N–H and O–H groups in total. The molecule has 1 aliphatic carbocycles. The van der Waals surface area contributed by atoms with Crippen molar-refractivity contribution in [1.29, 1.82) is 0 Å². The molecule has 0 aromatic carbocycles. The van der Waals surface area contributed by atoms with Gasteiger partial charge in [-0.2, -0.15) is 8.42 Å². The smallest absolute Gasteiger partial charge is 0.267 e. The number of hydrogen-bond donors (Lipinski definition) is 2. The molecule has 0 aromatic heterocycles. The van der Waals surface area contributed by atoms with Crippen molar-refractivity contribution in [1.82, 2.24) is 0 Å². The lowest BCUT2D eigenvalue weighted by molar-refractivity contribution is 0.408. The van der Waals surface area contributed by atoms with Crippen molar-refractivity contribution < 1.29 is 13.0 Å². The second-order valence-corrected chi connectivity index (χ2v) is 6.04. The normalized spacial score (nSPS) is 41.8. The number of nitrogens with two attached hydrogens (primary N) is 1. The average molecular weight is 248 g/mol. The Morgan fingerprint density at radius 3 is 1.92 bits per heavy atom. The minimum atomic E-state index is -4.04. The van der Waals surface area contributed by atoms with Crippen molar-refractivity contribution in [2.45, 2.75) is 34.9 Å². The summed E-state index contributed by atoms with van der Waals surface area (Å²) in [4.78, 5) is 0. The van der Waals surface area contributed by atoms with Crippen LogP contribution >= 0.6 is 23.2 Å². The van der Waals surface area contributed by atoms with Crippen LogP contribution in [0.15, 0.2) is 0 Å². The van der Waals surface area contributed by atoms with E-state index < -0.39 is 32.2 Å². The lowest BCUT2D eigenvalue weighted by atomic mass is 9.95. The van der Waals surface area contributed by atoms with E-state index in [-0.39, 0.29) is 12.8 Å². The first kappa shape index (κ1) is 11.5. The Bertz CT molecular complexity index is 270. The zero-order chi connectivity index (χ0) is 10.2. The van der Waals surface area contributed by atoms with E-state index in [1.54, 1.807) is 0 Å². The Balaban J connectivity index is 2.75. The van der Waals surface area contributed by atoms with Gasteiger partial charge in [-0.3, -0.25) is 4.55 Å². The third-order valence-electron chi connectivity index (χ3n) is 2.23. The Kier molecular flexibility index (Phi) is 3.46. The highest BCUT2D eigenvalue weighted by Crippen LogP contribution is 2.29. The van der Waals surface area contributed by atoms with Gasteiger partial charge in [0.05, 0.1) is 16.0 Å². The van der Waals surface area contributed by atoms with E-state index in [2.05, 4.69) is 0 Å². The maximum atomic E-state index is 10.8. The van der Waals surface area contributed by atoms with Crippen LogP contribution in [0.25, 0.3) is 0 Å². The first-order valence-corrected chi connectivity index (χ1v) is 6.20. The molecule has 78 valence electrons. The van der Waals surface area contributed by atoms with Gasteiger partial charge in [0.2, 0.25) is 0 Å². The largest absolute Gasteiger partial charge is 0.325 e. The molecule has 13 heavy (non-hydrogen) atoms. The highest BCUT2D eigenvalue weighted by Gasteiger charge is 2.38. The predicted molar refractivity (Wildman–Crippen MR) is 51.8 cm³/mol. The van der Waals surface area contributed by atoms with E-state index in [0.29, 0.717) is 0 Å². The van der Waals surface area contributed by atoms with Crippen molar-refractivity contribution in [3.8, 4) is 0 Å². The van der Waals surface area contributed by atoms with Gasteiger partial charge in [0, 0.05) is 6.04 Å². The molecule has 1 rings (SSSR count). The number of halogens is 2. The topological polar surface area (TPSA) is 80.4 Å². The zero-order valence-corrected chi connectivity index (χ0v) is 9.06. The van der Waals surface area contributed by atoms with Crippen LogP contribution in [0.4, 0.5) is 0 Å². The molecule has 2 unspecified atom stereocenters. The van der Waals surface area contributed by atoms with E-state index in [1.807, 2.05) is 0 Å². The summed E-state index contributed by atoms with van der Waals surface area (Å²) in [6, 6.07) is -0.415. The van der Waals surface area contributed by atoms with Crippen LogP contribution in [0.2, 0.25) is 0 Å². The Morgan fingerprint density at radius 1 is 1.23 bits per heavy atom. The fourth-order valence-electron chi connectivity index (χ4n) is 1.38. The van der Waals surface area contributed by atoms with Crippen LogP contribution in [0.1, 0.15) is 12.8 Å². The van der Waals surface area contributed by atoms with Gasteiger partial charge < -0.3 is 5.73 Å². The van der Waals surface area contributed by atoms with Crippen LogP contribution in [-0.2, 0) is 10.1 Å². The minimum Gasteiger partial charge on any atom is -0.325 e. The lowest BCUT2D eigenvalue weighted by Gasteiger charge is -2.32. The van der Waals surface area contributed by atoms with Crippen molar-refractivity contribution >= 4 is 33.3 Å². The second-order valence-electron chi connectivity index (χ2n) is 3.22. The number of rotatable bonds is 1. The molecule has 1 saturated carbocycles. The van der Waals surface area contributed by atoms with E-state index in [0.717, 1.165) is 0 Å². The Morgan fingerprint density at radius 2 is 1.62 bits per heavy atom. The average Bonchev–Trinajstić information content (AvgIpc) is 1.97. The molecular weight excluding hydrogens is 237 g/mol. The highest BCUT2D eigenvalue weighted by atomic mass is 35.5. The molecule has 1 aliphatic rings. The van der Waals surface area contributed by atoms with Gasteiger partial charge in [0.1, 0.15) is 0 Å². The molecule has 0 amide bonds. The molecule has 0 saturated heterocycles. The van der Waals surface area contributed by atoms with Gasteiger partial charge in [0.25, 0.3) is 10.1 Å². The van der Waals surface area contributed by atoms with E-state index in [1.165, 1.54) is 0 Å². The molecule has 7 heteroatoms. The van der Waals surface area contributed by atoms with Crippen LogP contribution in [-0.4, -0.2) is 35.0 Å². The standard InChI is InChI=1S/C6H11Cl2NO3S/c7-4-1-3(13(10,11)12)2-5(8)6(4)9/h3-6H,1-2,9H2,(H,10,11,12). The molecule has 1 fully saturated rings. The summed E-state index contributed by atoms with van der Waals surface area (Å²) in [5.74, 6) is 0. The molecule has 0 bridgehead atoms. The monoisotopic (exact) mass is 247 g/mol. The molecule has 2 atom stereocenters. The SMILES string of the molecule is NC1C(Cl)CC(S(=O)(=O)O)CC1Cl. The van der Waals surface area contributed by atoms with E-state index in [4.69, 9.17) is 33.5 Å². The predicted octanol–water partition coefficient (Wildman–Crippen LogP) is 0.579. The fourth-order valence-corrected chi connectivity index (χ4v) is 3.35. The molecule has 0 aromatic rings. The quantitative estimate of drug-likeness (QED) is 0.525. The van der Waals surface area contributed by atoms with Gasteiger partial charge in [-0.25, -0.2) is 0 Å². The van der Waals surface area contributed by atoms with Gasteiger partial charge in [-0.15, -0.1) is 23.2 Å². The molecule has 0 aliphatic heterocycles. The number of hydrogen-bond acceptors (Lipinski definition) is 3. The Labute approximate surface area is 87.1 Å². The summed E-state index contributed by atoms with van der Waals surface area (Å²) in [7, 11) is -4.04. The fraction of sp³-hybridized carbons (Fsp3) is 1.00. The second kappa shape index (κ2) is 3.90. The zero-order valence-electron chi connectivity index (χ0n) is 6.73. The van der Waals surface area contributed by atoms with Crippen molar-refractivity contribution in [2.75, 3.05) is 0 Å². The van der Waals surface area contributed by atoms with Crippen LogP contribution in [0.5, 0.6) is 0 Å². The highest BCUT2D eigenvalue weighted by molar-refractivity contribution is 7.86. The van der Waals surface area contributed by atoms with Gasteiger partial charge in [-0.1, -0.05) is 0 Å². The minimum absolute atomic E-state index is 0.158. The molecular formula is C6H11Cl2NO3S. The number of alkyl halides is 2. The molecule has 0 spiro atoms. The molecule has 0 heterocycles. The summed E-state index contributed by atoms with van der Waals surface area (Å²) in [5.41, 5.74) is 5.59. The third-order valence-corrected chi connectivity index (χ3v) is 4.40. The first-order chi connectivity index (χ1) is 5.82. The van der Waals surface area contributed by atoms with E-state index >= 15 is 0 Å². The summed E-state index contributed by atoms with van der Waals surface area (Å²) in [6.07, 6.45) is 0.315. The first-order valence-electron chi connectivity index (χ1n) is 3.82. The summed E-state index contributed by atoms with van der Waals surface area (Å²) in [5, 5.41) is -1.87. The lowest BCUT2D eigenvalue weighted by Crippen LogP contribution is -2.48. The van der Waals surface area contributed by atoms with Crippen molar-refractivity contribution in [2.24, 2.45) is 5.73 Å². The third kappa shape index (κ3) is 2.70. The Hall–Kier alpha value is 0.450. The van der Waals surface area contributed by atoms with Crippen LogP contribution in [0.3, 0.4) is 0 Å². The van der Waals surface area contributed by atoms with Gasteiger partial charge >= 0.3 is 0 Å². The van der Waals surface area contributed by atoms with Crippen molar-refractivity contribution in [3.63, 3.8) is 0 Å². The van der Waals surface area contributed by atoms with Crippen LogP contribution in [0, 0.1) is 0 Å². The van der Waals surface area contributed by atoms with Gasteiger partial charge in [-0.05, 0) is 12.8 Å². The summed E-state index contributed by atoms with van der Waals surface area (Å²) >= 11 is 11.6. The van der Waals surface area contributed by atoms with E-state index in [9.17, 15) is 8.42 Å². The molecule has 0 radical (unpaired) electrons. The summed E-state index contributed by atoms with van der Waals surface area (Å²) in [6.45, 7) is 0. The summed E-state index contributed by atoms with van der Waals surface area (Å²) < 4.78 is 30.3. The van der Waals surface area contributed by atoms with Crippen molar-refractivity contribution in [3.05, 3.63) is 0 Å². The maximum absolute atomic E-state index is 10.8. The van der Waals surface area contributed by atoms with Gasteiger partial charge in [0.15, 0.2) is 0 Å².